The molecule has 2 aromatic carbocycles. The number of aromatic nitrogens is 1. The maximum absolute atomic E-state index is 12.2. The van der Waals surface area contributed by atoms with Gasteiger partial charge in [0.25, 0.3) is 0 Å². The normalized spacial score (nSPS) is 10.7. The summed E-state index contributed by atoms with van der Waals surface area (Å²) in [6.45, 7) is 4.00. The van der Waals surface area contributed by atoms with E-state index in [1.165, 1.54) is 17.3 Å². The van der Waals surface area contributed by atoms with E-state index in [1.54, 1.807) is 17.4 Å². The molecule has 25 heavy (non-hydrogen) atoms. The van der Waals surface area contributed by atoms with Gasteiger partial charge in [0.15, 0.2) is 4.34 Å². The minimum Gasteiger partial charge on any atom is -0.325 e. The van der Waals surface area contributed by atoms with Crippen LogP contribution in [0.3, 0.4) is 0 Å². The first-order valence-corrected chi connectivity index (χ1v) is 9.97. The van der Waals surface area contributed by atoms with E-state index < -0.39 is 0 Å². The van der Waals surface area contributed by atoms with Gasteiger partial charge in [-0.15, -0.1) is 11.3 Å². The molecule has 0 aliphatic heterocycles. The van der Waals surface area contributed by atoms with Crippen molar-refractivity contribution in [3.63, 3.8) is 0 Å². The largest absolute Gasteiger partial charge is 0.325 e. The number of nitrogens with one attached hydrogen (secondary N) is 1. The van der Waals surface area contributed by atoms with E-state index in [0.717, 1.165) is 26.8 Å². The highest BCUT2D eigenvalue weighted by molar-refractivity contribution is 8.01. The number of benzene rings is 2. The minimum atomic E-state index is -0.0672. The average Bonchev–Trinajstić information content (AvgIpc) is 3.06. The topological polar surface area (TPSA) is 42.0 Å². The van der Waals surface area contributed by atoms with Crippen LogP contribution in [0.1, 0.15) is 11.1 Å². The van der Waals surface area contributed by atoms with Crippen LogP contribution in [0.2, 0.25) is 5.02 Å². The van der Waals surface area contributed by atoms with E-state index in [2.05, 4.69) is 41.5 Å². The average molecular weight is 389 g/mol. The molecule has 3 rings (SSSR count). The van der Waals surface area contributed by atoms with Gasteiger partial charge in [-0.3, -0.25) is 4.79 Å². The molecule has 0 bridgehead atoms. The van der Waals surface area contributed by atoms with Crippen molar-refractivity contribution >= 4 is 46.3 Å². The molecule has 0 aliphatic rings. The first-order valence-electron chi connectivity index (χ1n) is 7.72. The highest BCUT2D eigenvalue weighted by Gasteiger charge is 2.09. The SMILES string of the molecule is Cc1ccc(-c2csc(SCC(=O)Nc3cc(Cl)ccc3C)n2)cc1. The van der Waals surface area contributed by atoms with Crippen molar-refractivity contribution in [1.29, 1.82) is 0 Å². The summed E-state index contributed by atoms with van der Waals surface area (Å²) in [5.41, 5.74) is 4.99. The summed E-state index contributed by atoms with van der Waals surface area (Å²) >= 11 is 8.97. The molecule has 0 saturated heterocycles. The number of thiazole rings is 1. The van der Waals surface area contributed by atoms with E-state index in [4.69, 9.17) is 11.6 Å². The molecular formula is C19H17ClN2OS2. The lowest BCUT2D eigenvalue weighted by Crippen LogP contribution is -2.14. The Balaban J connectivity index is 1.59. The molecule has 0 unspecified atom stereocenters. The van der Waals surface area contributed by atoms with E-state index >= 15 is 0 Å². The molecule has 3 aromatic rings. The second kappa shape index (κ2) is 8.04. The molecule has 1 aromatic heterocycles. The summed E-state index contributed by atoms with van der Waals surface area (Å²) in [5.74, 6) is 0.245. The number of thioether (sulfide) groups is 1. The second-order valence-corrected chi connectivity index (χ2v) is 8.18. The van der Waals surface area contributed by atoms with Crippen LogP contribution < -0.4 is 5.32 Å². The van der Waals surface area contributed by atoms with Gasteiger partial charge < -0.3 is 5.32 Å². The van der Waals surface area contributed by atoms with Crippen molar-refractivity contribution < 1.29 is 4.79 Å². The Kier molecular flexibility index (Phi) is 5.78. The highest BCUT2D eigenvalue weighted by atomic mass is 35.5. The van der Waals surface area contributed by atoms with Gasteiger partial charge in [-0.2, -0.15) is 0 Å². The van der Waals surface area contributed by atoms with Crippen LogP contribution in [0.25, 0.3) is 11.3 Å². The third kappa shape index (κ3) is 4.84. The van der Waals surface area contributed by atoms with Gasteiger partial charge in [0.1, 0.15) is 0 Å². The molecule has 1 N–H and O–H groups in total. The van der Waals surface area contributed by atoms with Gasteiger partial charge in [-0.1, -0.05) is 59.3 Å². The van der Waals surface area contributed by atoms with Crippen LogP contribution in [-0.4, -0.2) is 16.6 Å². The first-order chi connectivity index (χ1) is 12.0. The number of nitrogens with zero attached hydrogens (tertiary/aromatic N) is 1. The number of halogens is 1. The first kappa shape index (κ1) is 18.0. The zero-order valence-corrected chi connectivity index (χ0v) is 16.3. The van der Waals surface area contributed by atoms with Gasteiger partial charge in [0, 0.05) is 21.7 Å². The van der Waals surface area contributed by atoms with Crippen molar-refractivity contribution in [1.82, 2.24) is 4.98 Å². The van der Waals surface area contributed by atoms with Gasteiger partial charge in [0.05, 0.1) is 11.4 Å². The van der Waals surface area contributed by atoms with E-state index in [9.17, 15) is 4.79 Å². The lowest BCUT2D eigenvalue weighted by atomic mass is 10.1. The molecule has 0 radical (unpaired) electrons. The van der Waals surface area contributed by atoms with Gasteiger partial charge in [-0.05, 0) is 31.5 Å². The standard InChI is InChI=1S/C19H17ClN2OS2/c1-12-3-6-14(7-4-12)17-10-24-19(22-17)25-11-18(23)21-16-9-15(20)8-5-13(16)2/h3-10H,11H2,1-2H3,(H,21,23). The van der Waals surface area contributed by atoms with Crippen LogP contribution in [0.4, 0.5) is 5.69 Å². The van der Waals surface area contributed by atoms with Crippen molar-refractivity contribution in [3.05, 3.63) is 64.0 Å². The quantitative estimate of drug-likeness (QED) is 0.560. The Bertz CT molecular complexity index is 891. The Morgan fingerprint density at radius 2 is 1.96 bits per heavy atom. The molecule has 0 aliphatic carbocycles. The lowest BCUT2D eigenvalue weighted by Gasteiger charge is -2.08. The number of aryl methyl sites for hydroxylation is 2. The van der Waals surface area contributed by atoms with Gasteiger partial charge in [-0.25, -0.2) is 4.98 Å². The van der Waals surface area contributed by atoms with Crippen LogP contribution in [0.5, 0.6) is 0 Å². The number of carbonyl (C=O) groups excluding carboxylic acids is 1. The number of hydrogen-bond donors (Lipinski definition) is 1. The number of hydrogen-bond acceptors (Lipinski definition) is 4. The zero-order chi connectivity index (χ0) is 17.8. The predicted octanol–water partition coefficient (Wildman–Crippen LogP) is 5.81. The van der Waals surface area contributed by atoms with Crippen LogP contribution in [-0.2, 0) is 4.79 Å². The number of anilines is 1. The molecule has 3 nitrogen and oxygen atoms in total. The summed E-state index contributed by atoms with van der Waals surface area (Å²) in [4.78, 5) is 16.8. The summed E-state index contributed by atoms with van der Waals surface area (Å²) in [6, 6.07) is 13.7. The van der Waals surface area contributed by atoms with E-state index in [0.29, 0.717) is 10.8 Å². The molecule has 0 saturated carbocycles. The van der Waals surface area contributed by atoms with E-state index in [-0.39, 0.29) is 5.91 Å². The van der Waals surface area contributed by atoms with Crippen LogP contribution in [0.15, 0.2) is 52.2 Å². The van der Waals surface area contributed by atoms with Crippen LogP contribution >= 0.6 is 34.7 Å². The monoisotopic (exact) mass is 388 g/mol. The van der Waals surface area contributed by atoms with Crippen molar-refractivity contribution in [2.24, 2.45) is 0 Å². The Labute approximate surface area is 160 Å². The molecule has 6 heteroatoms. The fraction of sp³-hybridized carbons (Fsp3) is 0.158. The maximum Gasteiger partial charge on any atom is 0.234 e. The van der Waals surface area contributed by atoms with Crippen molar-refractivity contribution in [2.75, 3.05) is 11.1 Å². The summed E-state index contributed by atoms with van der Waals surface area (Å²) in [6.07, 6.45) is 0. The van der Waals surface area contributed by atoms with Gasteiger partial charge in [0.2, 0.25) is 5.91 Å². The van der Waals surface area contributed by atoms with Crippen molar-refractivity contribution in [3.8, 4) is 11.3 Å². The third-order valence-corrected chi connectivity index (χ3v) is 5.89. The third-order valence-electron chi connectivity index (χ3n) is 3.63. The van der Waals surface area contributed by atoms with E-state index in [1.807, 2.05) is 24.4 Å². The molecule has 0 fully saturated rings. The molecule has 1 heterocycles. The number of rotatable bonds is 5. The number of carbonyl (C=O) groups is 1. The Morgan fingerprint density at radius 1 is 1.20 bits per heavy atom. The Morgan fingerprint density at radius 3 is 2.72 bits per heavy atom. The van der Waals surface area contributed by atoms with Crippen LogP contribution in [0, 0.1) is 13.8 Å². The second-order valence-electron chi connectivity index (χ2n) is 5.66. The maximum atomic E-state index is 12.2. The lowest BCUT2D eigenvalue weighted by molar-refractivity contribution is -0.113. The number of amides is 1. The van der Waals surface area contributed by atoms with Gasteiger partial charge >= 0.3 is 0 Å². The molecule has 0 atom stereocenters. The zero-order valence-electron chi connectivity index (χ0n) is 13.9. The molecule has 0 spiro atoms. The highest BCUT2D eigenvalue weighted by Crippen LogP contribution is 2.28. The fourth-order valence-electron chi connectivity index (χ4n) is 2.22. The predicted molar refractivity (Wildman–Crippen MR) is 108 cm³/mol. The molecule has 1 amide bonds. The minimum absolute atomic E-state index is 0.0672. The molecular weight excluding hydrogens is 372 g/mol. The smallest absolute Gasteiger partial charge is 0.234 e. The molecule has 128 valence electrons. The van der Waals surface area contributed by atoms with Crippen molar-refractivity contribution in [2.45, 2.75) is 18.2 Å². The fourth-order valence-corrected chi connectivity index (χ4v) is 4.03. The summed E-state index contributed by atoms with van der Waals surface area (Å²) in [5, 5.41) is 5.53. The Hall–Kier alpha value is -1.82. The summed E-state index contributed by atoms with van der Waals surface area (Å²) in [7, 11) is 0. The summed E-state index contributed by atoms with van der Waals surface area (Å²) < 4.78 is 0.883.